The molecule has 0 bridgehead atoms. The van der Waals surface area contributed by atoms with Gasteiger partial charge in [0.2, 0.25) is 0 Å². The lowest BCUT2D eigenvalue weighted by Gasteiger charge is -2.29. The first kappa shape index (κ1) is 101. The van der Waals surface area contributed by atoms with Gasteiger partial charge >= 0.3 is 36.4 Å². The number of nitrogens with one attached hydrogen (secondary N) is 5. The summed E-state index contributed by atoms with van der Waals surface area (Å²) in [6.45, 7) is 2.07. The van der Waals surface area contributed by atoms with E-state index in [0.29, 0.717) is 156 Å². The number of benzene rings is 10. The number of pyridine rings is 3. The van der Waals surface area contributed by atoms with Crippen molar-refractivity contribution in [3.05, 3.63) is 318 Å². The maximum atomic E-state index is 15.2. The number of rotatable bonds is 26. The number of halogens is 18. The molecule has 136 heavy (non-hydrogen) atoms. The van der Waals surface area contributed by atoms with Crippen molar-refractivity contribution in [3.8, 4) is 51.6 Å². The number of nitrogens with zero attached hydrogens (tertiary/aromatic N) is 7. The molecule has 3 amide bonds. The Morgan fingerprint density at radius 1 is 0.404 bits per heavy atom. The van der Waals surface area contributed by atoms with Crippen molar-refractivity contribution in [2.24, 2.45) is 0 Å². The Morgan fingerprint density at radius 3 is 0.993 bits per heavy atom. The van der Waals surface area contributed by atoms with Crippen LogP contribution in [0.25, 0.3) is 66.1 Å². The topological polar surface area (TPSA) is 304 Å². The summed E-state index contributed by atoms with van der Waals surface area (Å²) in [6.07, 6.45) is -10.4. The number of esters is 3. The maximum Gasteiger partial charge on any atom is 0.412 e. The Hall–Kier alpha value is -15.1. The van der Waals surface area contributed by atoms with Crippen molar-refractivity contribution in [1.82, 2.24) is 30.9 Å². The number of ether oxygens (including phenoxy) is 3. The van der Waals surface area contributed by atoms with Crippen LogP contribution >= 0.6 is 34.8 Å². The molecule has 0 aliphatic carbocycles. The van der Waals surface area contributed by atoms with Gasteiger partial charge in [-0.1, -0.05) is 145 Å². The molecule has 3 aromatic heterocycles. The Kier molecular flexibility index (Phi) is 32.6. The Balaban J connectivity index is 0.000000196. The van der Waals surface area contributed by atoms with E-state index < -0.39 is 165 Å². The van der Waals surface area contributed by atoms with Gasteiger partial charge in [-0.3, -0.25) is 29.3 Å². The van der Waals surface area contributed by atoms with Gasteiger partial charge < -0.3 is 45.7 Å². The van der Waals surface area contributed by atoms with Crippen molar-refractivity contribution >= 4 is 120 Å². The van der Waals surface area contributed by atoms with Gasteiger partial charge in [0.05, 0.1) is 72.8 Å². The van der Waals surface area contributed by atoms with Gasteiger partial charge in [0.25, 0.3) is 17.7 Å². The van der Waals surface area contributed by atoms with Crippen LogP contribution in [0.1, 0.15) is 96.3 Å². The van der Waals surface area contributed by atoms with E-state index in [-0.39, 0.29) is 24.8 Å². The van der Waals surface area contributed by atoms with Crippen LogP contribution in [0.5, 0.6) is 0 Å². The molecular formula is C97H72Cl3F15N12O9. The van der Waals surface area contributed by atoms with Crippen LogP contribution in [-0.2, 0) is 47.9 Å². The molecule has 0 saturated heterocycles. The number of carbonyl (C=O) groups excluding carboxylic acids is 6. The number of aromatic nitrogens is 3. The molecule has 0 fully saturated rings. The molecule has 0 saturated carbocycles. The molecule has 39 heteroatoms. The lowest BCUT2D eigenvalue weighted by atomic mass is 9.94. The van der Waals surface area contributed by atoms with Crippen LogP contribution < -0.4 is 31.5 Å². The van der Waals surface area contributed by atoms with E-state index in [4.69, 9.17) is 59.5 Å². The van der Waals surface area contributed by atoms with Crippen molar-refractivity contribution in [2.45, 2.75) is 94.3 Å². The predicted molar refractivity (Wildman–Crippen MR) is 477 cm³/mol. The van der Waals surface area contributed by atoms with Gasteiger partial charge in [-0.15, -0.1) is 0 Å². The highest BCUT2D eigenvalue weighted by Crippen LogP contribution is 2.42. The third-order valence-electron chi connectivity index (χ3n) is 21.6. The van der Waals surface area contributed by atoms with Crippen LogP contribution in [-0.4, -0.2) is 128 Å². The number of methoxy groups -OCH3 is 3. The molecular weight excluding hydrogens is 1870 g/mol. The zero-order chi connectivity index (χ0) is 99.1. The van der Waals surface area contributed by atoms with Gasteiger partial charge in [-0.2, -0.15) is 55.3 Å². The fraction of sp³-hybridized carbons (Fsp3) is 0.196. The van der Waals surface area contributed by atoms with E-state index >= 15 is 8.78 Å². The number of amides is 3. The summed E-state index contributed by atoms with van der Waals surface area (Å²) in [5.41, 5.74) is 2.88. The van der Waals surface area contributed by atoms with E-state index in [2.05, 4.69) is 36.2 Å². The smallest absolute Gasteiger partial charge is 0.412 e. The average molecular weight is 1940 g/mol. The molecule has 10 aromatic carbocycles. The number of nitriles is 3. The number of fused-ring (bicyclic) bond motifs is 3. The molecule has 0 spiro atoms. The normalized spacial score (nSPS) is 12.7. The Morgan fingerprint density at radius 2 is 0.713 bits per heavy atom. The zero-order valence-corrected chi connectivity index (χ0v) is 73.9. The molecule has 0 aliphatic heterocycles. The van der Waals surface area contributed by atoms with Gasteiger partial charge in [0.15, 0.2) is 0 Å². The molecule has 6 atom stereocenters. The monoisotopic (exact) mass is 1940 g/mol. The molecule has 13 aromatic rings. The van der Waals surface area contributed by atoms with Crippen molar-refractivity contribution in [1.29, 1.82) is 15.8 Å². The van der Waals surface area contributed by atoms with Crippen molar-refractivity contribution in [3.63, 3.8) is 0 Å². The summed E-state index contributed by atoms with van der Waals surface area (Å²) in [6, 6.07) is 40.2. The highest BCUT2D eigenvalue weighted by molar-refractivity contribution is 6.35. The Bertz CT molecular complexity index is 6820. The first-order chi connectivity index (χ1) is 64.5. The van der Waals surface area contributed by atoms with E-state index in [1.807, 2.05) is 23.5 Å². The summed E-state index contributed by atoms with van der Waals surface area (Å²) >= 11 is 19.3. The highest BCUT2D eigenvalue weighted by atomic mass is 35.5. The number of hydrogen-bond acceptors (Lipinski definition) is 18. The van der Waals surface area contributed by atoms with E-state index in [1.54, 1.807) is 128 Å². The zero-order valence-electron chi connectivity index (χ0n) is 71.6. The largest absolute Gasteiger partial charge is 0.467 e. The molecule has 13 rings (SSSR count). The highest BCUT2D eigenvalue weighted by Gasteiger charge is 2.43. The molecule has 0 radical (unpaired) electrons. The summed E-state index contributed by atoms with van der Waals surface area (Å²) in [4.78, 5) is 91.4. The summed E-state index contributed by atoms with van der Waals surface area (Å²) < 4.78 is 225. The van der Waals surface area contributed by atoms with Crippen LogP contribution in [0.2, 0.25) is 15.1 Å². The quantitative estimate of drug-likeness (QED) is 0.0191. The molecule has 3 heterocycles. The minimum absolute atomic E-state index is 0.171. The fourth-order valence-corrected chi connectivity index (χ4v) is 15.4. The van der Waals surface area contributed by atoms with E-state index in [9.17, 15) is 91.1 Å². The van der Waals surface area contributed by atoms with Gasteiger partial charge in [0.1, 0.15) is 87.8 Å². The molecule has 21 nitrogen and oxygen atoms in total. The standard InChI is InChI=1S/C35H24ClF5N4O3.2C31H24ClF5N4O3/c1-48-34(47)29(15-21-10-12-25(31-23(21)8-5-13-43-31)24-11-9-19(18-42)14-26(24)36)45-33(46)30-27(37)16-22(17-28(30)38)44-32(35(39,40)41)20-6-3-2-4-7-20;1-16(31(35,36)37)41(2)19-13-24(33)27(25(34)14-19)29(42)40-26(30(43)44-3)12-18-7-9-22(28-20(18)5-4-10-39-28)21-8-6-17(15-38)11-23(21)32;1-3-26(31(35,36)37)40-18-13-23(33)27(24(34)14-18)29(42)41-25(30(43)44-2)12-17-7-9-21(28-19(17)5-4-10-39-28)20-8-6-16(15-38)11-22(20)32/h2-14,16-17,29,32,44H,15H2,1H3,(H,45,46);4-11,13-14,16,26H,12H2,1-3H3,(H,40,42);4-11,13-14,25-26,40H,3,12H2,1-2H3,(H,41,42)/t29-,32+;16-,26+;25-,26+/m010/s1. The predicted octanol–water partition coefficient (Wildman–Crippen LogP) is 21.5. The summed E-state index contributed by atoms with van der Waals surface area (Å²) in [5.74, 6) is -15.3. The molecule has 700 valence electrons. The number of anilines is 3. The van der Waals surface area contributed by atoms with Crippen LogP contribution in [0.3, 0.4) is 0 Å². The number of carbonyl (C=O) groups is 6. The van der Waals surface area contributed by atoms with Crippen LogP contribution in [0, 0.1) is 68.9 Å². The SMILES string of the molecule is CC[C@@H](Nc1cc(F)c(C(=O)N[C@@H](Cc2ccc(-c3ccc(C#N)cc3Cl)c3ncccc23)C(=O)OC)c(F)c1)C(F)(F)F.COC(=O)[C@H](Cc1ccc(-c2ccc(C#N)cc2Cl)c2ncccc12)NC(=O)c1c(F)cc(N(C)[C@H](C)C(F)(F)F)cc1F.COC(=O)[C@H](Cc1ccc(-c2ccc(C#N)cc2Cl)c2ncccc12)NC(=O)c1c(F)cc(N[C@H](c2ccccc2)C(F)(F)F)cc1F. The average Bonchev–Trinajstić information content (AvgIpc) is 0.768. The fourth-order valence-electron chi connectivity index (χ4n) is 14.6. The minimum Gasteiger partial charge on any atom is -0.467 e. The van der Waals surface area contributed by atoms with E-state index in [0.717, 1.165) is 35.3 Å². The molecule has 5 N–H and O–H groups in total. The first-order valence-electron chi connectivity index (χ1n) is 40.4. The van der Waals surface area contributed by atoms with Gasteiger partial charge in [-0.05, 0) is 127 Å². The van der Waals surface area contributed by atoms with Crippen LogP contribution in [0.15, 0.2) is 213 Å². The third kappa shape index (κ3) is 23.7. The maximum absolute atomic E-state index is 15.2. The first-order valence-corrected chi connectivity index (χ1v) is 41.5. The van der Waals surface area contributed by atoms with E-state index in [1.165, 1.54) is 55.5 Å². The number of hydrogen-bond donors (Lipinski definition) is 5. The van der Waals surface area contributed by atoms with Gasteiger partial charge in [0, 0.05) is 127 Å². The second kappa shape index (κ2) is 43.7. The second-order valence-corrected chi connectivity index (χ2v) is 31.3. The van der Waals surface area contributed by atoms with Crippen molar-refractivity contribution < 1.29 is 109 Å². The van der Waals surface area contributed by atoms with Crippen LogP contribution in [0.4, 0.5) is 82.9 Å². The number of alkyl halides is 9. The minimum atomic E-state index is -4.82. The molecule has 0 aliphatic rings. The Labute approximate surface area is 779 Å². The lowest BCUT2D eigenvalue weighted by Crippen LogP contribution is -2.44. The summed E-state index contributed by atoms with van der Waals surface area (Å²) in [5, 5.41) is 41.1. The second-order valence-electron chi connectivity index (χ2n) is 30.1. The van der Waals surface area contributed by atoms with Gasteiger partial charge in [-0.25, -0.2) is 40.7 Å². The summed E-state index contributed by atoms with van der Waals surface area (Å²) in [7, 11) is 4.23. The molecule has 0 unspecified atom stereocenters. The lowest BCUT2D eigenvalue weighted by molar-refractivity contribution is -0.144. The third-order valence-corrected chi connectivity index (χ3v) is 22.5. The van der Waals surface area contributed by atoms with Crippen molar-refractivity contribution in [2.75, 3.05) is 43.9 Å².